The highest BCUT2D eigenvalue weighted by molar-refractivity contribution is 5.06. The Labute approximate surface area is 60.4 Å². The van der Waals surface area contributed by atoms with Crippen molar-refractivity contribution >= 4 is 0 Å². The SMILES string of the molecule is F[C]1CCCC(F)(F)C1(F)F. The monoisotopic (exact) mass is 173 g/mol. The Morgan fingerprint density at radius 3 is 2.00 bits per heavy atom. The third-order valence-corrected chi connectivity index (χ3v) is 1.69. The average molecular weight is 173 g/mol. The van der Waals surface area contributed by atoms with E-state index in [4.69, 9.17) is 0 Å². The lowest BCUT2D eigenvalue weighted by Crippen LogP contribution is -2.46. The second-order valence-electron chi connectivity index (χ2n) is 2.54. The Balaban J connectivity index is 2.82. The molecular formula is C6H6F5. The normalized spacial score (nSPS) is 30.3. The van der Waals surface area contributed by atoms with Gasteiger partial charge in [0.05, 0.1) is 0 Å². The summed E-state index contributed by atoms with van der Waals surface area (Å²) < 4.78 is 61.0. The van der Waals surface area contributed by atoms with Crippen molar-refractivity contribution in [1.82, 2.24) is 0 Å². The summed E-state index contributed by atoms with van der Waals surface area (Å²) in [5, 5.41) is 0. The Hall–Kier alpha value is -0.350. The van der Waals surface area contributed by atoms with Gasteiger partial charge in [-0.3, -0.25) is 0 Å². The first-order valence-electron chi connectivity index (χ1n) is 3.15. The zero-order valence-electron chi connectivity index (χ0n) is 5.51. The molecule has 5 heteroatoms. The van der Waals surface area contributed by atoms with Crippen LogP contribution in [0.3, 0.4) is 0 Å². The number of alkyl halides is 4. The topological polar surface area (TPSA) is 0 Å². The molecule has 0 aromatic rings. The fraction of sp³-hybridized carbons (Fsp3) is 0.833. The second kappa shape index (κ2) is 2.32. The van der Waals surface area contributed by atoms with E-state index in [1.807, 2.05) is 0 Å². The molecule has 0 aliphatic heterocycles. The first-order valence-corrected chi connectivity index (χ1v) is 3.15. The van der Waals surface area contributed by atoms with Crippen LogP contribution in [0, 0.1) is 6.17 Å². The molecule has 0 bridgehead atoms. The summed E-state index contributed by atoms with van der Waals surface area (Å²) in [4.78, 5) is 0. The maximum atomic E-state index is 12.2. The van der Waals surface area contributed by atoms with Crippen LogP contribution in [0.4, 0.5) is 22.0 Å². The molecule has 1 rings (SSSR count). The highest BCUT2D eigenvalue weighted by Crippen LogP contribution is 2.50. The smallest absolute Gasteiger partial charge is 0.233 e. The lowest BCUT2D eigenvalue weighted by molar-refractivity contribution is -0.228. The molecule has 1 radical (unpaired) electrons. The fourth-order valence-corrected chi connectivity index (χ4v) is 0.978. The number of hydrogen-bond donors (Lipinski definition) is 0. The van der Waals surface area contributed by atoms with E-state index in [9.17, 15) is 22.0 Å². The third-order valence-electron chi connectivity index (χ3n) is 1.69. The summed E-state index contributed by atoms with van der Waals surface area (Å²) in [6, 6.07) is 0. The molecule has 1 saturated carbocycles. The molecule has 0 aromatic carbocycles. The Morgan fingerprint density at radius 1 is 1.09 bits per heavy atom. The summed E-state index contributed by atoms with van der Waals surface area (Å²) in [6.45, 7) is 0. The minimum Gasteiger partial charge on any atom is -0.233 e. The summed E-state index contributed by atoms with van der Waals surface area (Å²) in [5.74, 6) is -8.75. The molecule has 0 saturated heterocycles. The van der Waals surface area contributed by atoms with Crippen LogP contribution >= 0.6 is 0 Å². The number of halogens is 5. The lowest BCUT2D eigenvalue weighted by Gasteiger charge is -2.32. The second-order valence-corrected chi connectivity index (χ2v) is 2.54. The molecule has 65 valence electrons. The first kappa shape index (κ1) is 8.74. The summed E-state index contributed by atoms with van der Waals surface area (Å²) in [6.07, 6.45) is -3.60. The highest BCUT2D eigenvalue weighted by Gasteiger charge is 2.64. The van der Waals surface area contributed by atoms with E-state index in [0.29, 0.717) is 0 Å². The van der Waals surface area contributed by atoms with E-state index in [1.165, 1.54) is 0 Å². The van der Waals surface area contributed by atoms with Crippen molar-refractivity contribution in [2.24, 2.45) is 0 Å². The minimum atomic E-state index is -4.55. The van der Waals surface area contributed by atoms with Gasteiger partial charge in [-0.1, -0.05) is 0 Å². The third kappa shape index (κ3) is 1.20. The molecule has 1 fully saturated rings. The molecule has 0 spiro atoms. The van der Waals surface area contributed by atoms with E-state index >= 15 is 0 Å². The molecule has 0 nitrogen and oxygen atoms in total. The van der Waals surface area contributed by atoms with Gasteiger partial charge in [0.25, 0.3) is 0 Å². The van der Waals surface area contributed by atoms with Crippen LogP contribution in [-0.4, -0.2) is 11.8 Å². The van der Waals surface area contributed by atoms with E-state index < -0.39 is 30.9 Å². The van der Waals surface area contributed by atoms with E-state index in [1.54, 1.807) is 0 Å². The molecule has 0 unspecified atom stereocenters. The zero-order chi connectivity index (χ0) is 8.70. The number of rotatable bonds is 0. The Morgan fingerprint density at radius 2 is 1.64 bits per heavy atom. The molecule has 0 amide bonds. The van der Waals surface area contributed by atoms with Crippen molar-refractivity contribution in [3.63, 3.8) is 0 Å². The van der Waals surface area contributed by atoms with Gasteiger partial charge in [-0.15, -0.1) is 0 Å². The van der Waals surface area contributed by atoms with Crippen molar-refractivity contribution in [2.45, 2.75) is 31.1 Å². The van der Waals surface area contributed by atoms with Crippen molar-refractivity contribution in [3.05, 3.63) is 6.17 Å². The van der Waals surface area contributed by atoms with Crippen molar-refractivity contribution in [3.8, 4) is 0 Å². The van der Waals surface area contributed by atoms with Gasteiger partial charge in [0.2, 0.25) is 6.17 Å². The van der Waals surface area contributed by atoms with Gasteiger partial charge in [0, 0.05) is 6.42 Å². The van der Waals surface area contributed by atoms with Gasteiger partial charge in [-0.2, -0.15) is 17.6 Å². The number of hydrogen-bond acceptors (Lipinski definition) is 0. The maximum Gasteiger partial charge on any atom is 0.346 e. The standard InChI is InChI=1S/C6H6F5/c7-4-2-1-3-5(8,9)6(4,10)11/h1-3H2. The van der Waals surface area contributed by atoms with Crippen molar-refractivity contribution in [2.75, 3.05) is 0 Å². The fourth-order valence-electron chi connectivity index (χ4n) is 0.978. The lowest BCUT2D eigenvalue weighted by atomic mass is 9.91. The molecule has 0 heterocycles. The first-order chi connectivity index (χ1) is 4.88. The van der Waals surface area contributed by atoms with Crippen LogP contribution in [0.1, 0.15) is 19.3 Å². The Bertz CT molecular complexity index is 153. The zero-order valence-corrected chi connectivity index (χ0v) is 5.51. The van der Waals surface area contributed by atoms with Crippen LogP contribution in [0.25, 0.3) is 0 Å². The van der Waals surface area contributed by atoms with Gasteiger partial charge in [0.15, 0.2) is 0 Å². The van der Waals surface area contributed by atoms with Crippen LogP contribution in [-0.2, 0) is 0 Å². The van der Waals surface area contributed by atoms with Gasteiger partial charge in [-0.25, -0.2) is 4.39 Å². The van der Waals surface area contributed by atoms with Gasteiger partial charge >= 0.3 is 11.8 Å². The average Bonchev–Trinajstić information content (AvgIpc) is 1.84. The molecule has 0 N–H and O–H groups in total. The van der Waals surface area contributed by atoms with E-state index in [-0.39, 0.29) is 6.42 Å². The van der Waals surface area contributed by atoms with Gasteiger partial charge < -0.3 is 0 Å². The van der Waals surface area contributed by atoms with E-state index in [0.717, 1.165) is 0 Å². The minimum absolute atomic E-state index is 0.214. The molecule has 1 aliphatic carbocycles. The predicted molar refractivity (Wildman–Crippen MR) is 28.1 cm³/mol. The summed E-state index contributed by atoms with van der Waals surface area (Å²) in [7, 11) is 0. The quantitative estimate of drug-likeness (QED) is 0.494. The highest BCUT2D eigenvalue weighted by atomic mass is 19.3. The van der Waals surface area contributed by atoms with Crippen LogP contribution < -0.4 is 0 Å². The van der Waals surface area contributed by atoms with Gasteiger partial charge in [-0.05, 0) is 12.8 Å². The molecular weight excluding hydrogens is 167 g/mol. The largest absolute Gasteiger partial charge is 0.346 e. The van der Waals surface area contributed by atoms with E-state index in [2.05, 4.69) is 0 Å². The van der Waals surface area contributed by atoms with Crippen molar-refractivity contribution < 1.29 is 22.0 Å². The maximum absolute atomic E-state index is 12.2. The molecule has 0 aromatic heterocycles. The summed E-state index contributed by atoms with van der Waals surface area (Å²) >= 11 is 0. The molecule has 0 atom stereocenters. The van der Waals surface area contributed by atoms with Crippen LogP contribution in [0.5, 0.6) is 0 Å². The molecule has 11 heavy (non-hydrogen) atoms. The summed E-state index contributed by atoms with van der Waals surface area (Å²) in [5.41, 5.74) is 0. The predicted octanol–water partition coefficient (Wildman–Crippen LogP) is 2.94. The van der Waals surface area contributed by atoms with Crippen LogP contribution in [0.2, 0.25) is 0 Å². The van der Waals surface area contributed by atoms with Gasteiger partial charge in [0.1, 0.15) is 0 Å². The Kier molecular flexibility index (Phi) is 1.84. The van der Waals surface area contributed by atoms with Crippen LogP contribution in [0.15, 0.2) is 0 Å². The molecule has 1 aliphatic rings. The van der Waals surface area contributed by atoms with Crippen molar-refractivity contribution in [1.29, 1.82) is 0 Å².